The predicted octanol–water partition coefficient (Wildman–Crippen LogP) is 27.1. The monoisotopic (exact) mass is 3630 g/mol. The minimum absolute atomic E-state index is 0. The van der Waals surface area contributed by atoms with Crippen LogP contribution in [0.15, 0.2) is 146 Å². The van der Waals surface area contributed by atoms with Crippen LogP contribution in [0.3, 0.4) is 0 Å². The Bertz CT molecular complexity index is 2720. The number of carbonyl (C=O) groups excluding carboxylic acids is 1. The van der Waals surface area contributed by atoms with Gasteiger partial charge in [0.25, 0.3) is 0 Å². The van der Waals surface area contributed by atoms with Gasteiger partial charge in [-0.25, -0.2) is 0 Å². The number of rotatable bonds is 0. The Kier molecular flexibility index (Phi) is 176. The molecule has 2 nitrogen and oxygen atoms in total. The van der Waals surface area contributed by atoms with Crippen molar-refractivity contribution in [2.24, 2.45) is 178 Å². The zero-order valence-electron chi connectivity index (χ0n) is 93.5. The van der Waals surface area contributed by atoms with E-state index < -0.39 is 0 Å². The van der Waals surface area contributed by atoms with Gasteiger partial charge >= 0.3 is 366 Å². The third-order valence-electron chi connectivity index (χ3n) is 29.8. The van der Waals surface area contributed by atoms with E-state index >= 15 is 0 Å². The summed E-state index contributed by atoms with van der Waals surface area (Å²) in [6.07, 6.45) is 22.8. The molecular weight excluding hydrogens is 3430 g/mol. The van der Waals surface area contributed by atoms with Crippen LogP contribution in [-0.4, -0.2) is 293 Å². The van der Waals surface area contributed by atoms with Gasteiger partial charge in [-0.1, -0.05) is 278 Å². The van der Waals surface area contributed by atoms with E-state index in [9.17, 15) is 4.79 Å². The molecule has 12 rings (SSSR count). The molecule has 0 heterocycles. The summed E-state index contributed by atoms with van der Waals surface area (Å²) in [7, 11) is 0. The molecule has 27 heteroatoms. The van der Waals surface area contributed by atoms with Crippen LogP contribution in [0.25, 0.3) is 0 Å². The van der Waals surface area contributed by atoms with Crippen LogP contribution >= 0.6 is 58.0 Å². The molecule has 0 aliphatic heterocycles. The number of ketones is 1. The predicted molar refractivity (Wildman–Crippen MR) is 632 cm³/mol. The number of hydrogen-bond acceptors (Lipinski definition) is 2. The van der Waals surface area contributed by atoms with Gasteiger partial charge in [-0.15, -0.1) is 0 Å². The third kappa shape index (κ3) is 79.1. The van der Waals surface area contributed by atoms with Crippen molar-refractivity contribution in [3.05, 3.63) is 260 Å². The van der Waals surface area contributed by atoms with Crippen molar-refractivity contribution >= 4 is 346 Å². The number of phenols is 1. The standard InChI is InChI=1S/6C10H20.2C6H4Cl2.C6H5ClO.C6H4OSe.2C6H4Se2.12CH3.6Ir.6Na.3H2Se/c6*1-6-7(2)9(4)10(5)8(6)3;7-5-1-2-6(8)4-3-5;7-5-3-1-2-4-6(5)8;2*7-5-1-3-6(8)4-2-5;7-5-1-2-6(8)4-3-5;7-5-3-1-2-4-6(5)8;;;;;;;;;;;;;;;;;;;;;;;;;;;/h6*6-10H,1-5H3;2*1-4H;1-4,8H;3*1-4H;12*1H3;;;;;;;;;;;;;3*1H2/q;;;;;;;;;;;;12*-1;;;;;;;;;;;;;;;. The molecule has 0 bridgehead atoms. The fourth-order valence-corrected chi connectivity index (χ4v) is 19.1. The summed E-state index contributed by atoms with van der Waals surface area (Å²) in [5.41, 5.74) is 0. The van der Waals surface area contributed by atoms with E-state index in [0.29, 0.717) is 15.1 Å². The number of benzene rings is 3. The van der Waals surface area contributed by atoms with Crippen molar-refractivity contribution in [1.82, 2.24) is 0 Å². The Morgan fingerprint density at radius 2 is 0.326 bits per heavy atom. The normalized spacial score (nSPS) is 29.6. The van der Waals surface area contributed by atoms with Crippen LogP contribution in [0.4, 0.5) is 0 Å². The molecule has 9 aliphatic carbocycles. The van der Waals surface area contributed by atoms with Gasteiger partial charge in [-0.2, -0.15) is 0 Å². The first-order valence-electron chi connectivity index (χ1n) is 43.7. The Labute approximate surface area is 1110 Å². The van der Waals surface area contributed by atoms with E-state index in [0.717, 1.165) is 192 Å². The summed E-state index contributed by atoms with van der Waals surface area (Å²) < 4.78 is 5.75. The molecule has 3 aromatic carbocycles. The summed E-state index contributed by atoms with van der Waals surface area (Å²) >= 11 is 50.9. The number of carbonyl (C=O) groups is 1. The van der Waals surface area contributed by atoms with Gasteiger partial charge in [0.2, 0.25) is 0 Å². The molecule has 786 valence electrons. The van der Waals surface area contributed by atoms with Crippen molar-refractivity contribution in [2.45, 2.75) is 208 Å². The van der Waals surface area contributed by atoms with Crippen molar-refractivity contribution in [3.8, 4) is 5.75 Å². The first-order chi connectivity index (χ1) is 53.1. The van der Waals surface area contributed by atoms with E-state index in [2.05, 4.69) is 286 Å². The SMILES string of the molecule is CC1C(C)C(C)C(C)C1C.CC1C(C)C(C)C(C)C1C.CC1C(C)C(C)C(C)C1C.CC1C(C)C(C)C(C)C1C.CC1C(C)C(C)C(C)C1C.CC1C(C)C(C)C(C)C1C.Clc1ccc(Cl)cc1.Clc1ccccc1Cl.O=C1C=CC(=[Se])C=C1.Oc1ccc(Cl)cc1.[CH3-].[CH3-].[CH3-].[CH3-].[CH3-].[CH3-].[CH3-].[CH3-].[CH3-].[CH3-].[CH3-].[CH3-].[Ir].[Ir].[Ir].[Ir].[Ir].[Ir].[Na][Na].[Na][Na].[Na][Na].[SeH2].[SeH2].[SeH2].[Se]=C1C=CC(=[Se])C=C1.[Se]=C1C=CC=CC1=[Se]. The summed E-state index contributed by atoms with van der Waals surface area (Å²) in [6, 6.07) is 20.6. The molecule has 3 aromatic rings. The van der Waals surface area contributed by atoms with Crippen molar-refractivity contribution in [3.63, 3.8) is 0 Å². The van der Waals surface area contributed by atoms with Gasteiger partial charge in [0.15, 0.2) is 0 Å². The molecule has 0 unspecified atom stereocenters. The van der Waals surface area contributed by atoms with Gasteiger partial charge in [-0.3, -0.25) is 0 Å². The van der Waals surface area contributed by atoms with Gasteiger partial charge in [0.1, 0.15) is 5.75 Å². The number of phenolic OH excluding ortho intramolecular Hbond substituents is 1. The molecule has 0 aromatic heterocycles. The van der Waals surface area contributed by atoms with Crippen LogP contribution in [0.5, 0.6) is 5.75 Å². The molecule has 0 spiro atoms. The number of aromatic hydroxyl groups is 1. The Morgan fingerprint density at radius 3 is 0.422 bits per heavy atom. The van der Waals surface area contributed by atoms with Gasteiger partial charge in [0.05, 0.1) is 10.0 Å². The molecule has 6 saturated carbocycles. The molecule has 6 radical (unpaired) electrons. The molecule has 6 fully saturated rings. The average molecular weight is 3620 g/mol. The fourth-order valence-electron chi connectivity index (χ4n) is 17.0. The average Bonchev–Trinajstić information content (AvgIpc) is 1.72. The Hall–Kier alpha value is 10.4. The summed E-state index contributed by atoms with van der Waals surface area (Å²) in [6.45, 7) is 71.9. The van der Waals surface area contributed by atoms with Crippen LogP contribution < -0.4 is 0 Å². The molecular formula is C108H187Cl5Ir6Na6O2Se8-12. The topological polar surface area (TPSA) is 37.3 Å². The Morgan fingerprint density at radius 1 is 0.215 bits per heavy atom. The first-order valence-corrected chi connectivity index (χ1v) is 73.8. The van der Waals surface area contributed by atoms with Gasteiger partial charge in [-0.05, 0) is 238 Å². The van der Waals surface area contributed by atoms with E-state index in [-0.39, 0.29) is 272 Å². The molecule has 135 heavy (non-hydrogen) atoms. The quantitative estimate of drug-likeness (QED) is 0.180. The number of allylic oxidation sites excluding steroid dienone is 12. The maximum atomic E-state index is 10.4. The number of halogens is 5. The van der Waals surface area contributed by atoms with Gasteiger partial charge in [0, 0.05) is 136 Å². The summed E-state index contributed by atoms with van der Waals surface area (Å²) in [4.78, 5) is 10.4. The molecule has 1 N–H and O–H groups in total. The van der Waals surface area contributed by atoms with Crippen molar-refractivity contribution in [2.75, 3.05) is 0 Å². The van der Waals surface area contributed by atoms with Crippen LogP contribution in [0.2, 0.25) is 25.1 Å². The number of hydrogen-bond donors (Lipinski definition) is 1. The second kappa shape index (κ2) is 115. The van der Waals surface area contributed by atoms with Gasteiger partial charge < -0.3 is 94.2 Å². The molecule has 0 amide bonds. The second-order valence-corrected chi connectivity index (χ2v) is 41.4. The molecule has 0 saturated heterocycles. The summed E-state index contributed by atoms with van der Waals surface area (Å²) in [5, 5.41) is 12.0. The Balaban J connectivity index is -0.0000000444. The van der Waals surface area contributed by atoms with E-state index in [4.69, 9.17) is 63.1 Å². The van der Waals surface area contributed by atoms with E-state index in [1.165, 1.54) is 161 Å². The van der Waals surface area contributed by atoms with E-state index in [1.54, 1.807) is 72.8 Å². The van der Waals surface area contributed by atoms with E-state index in [1.807, 2.05) is 60.7 Å². The zero-order valence-corrected chi connectivity index (χ0v) is 138. The fraction of sp³-hybridized carbons (Fsp3) is 0.556. The molecule has 9 aliphatic rings. The van der Waals surface area contributed by atoms with Crippen molar-refractivity contribution in [1.29, 1.82) is 0 Å². The van der Waals surface area contributed by atoms with Crippen LogP contribution in [0, 0.1) is 267 Å². The molecule has 0 atom stereocenters. The maximum absolute atomic E-state index is 10.4. The second-order valence-electron chi connectivity index (χ2n) is 34.5. The minimum atomic E-state index is 0. The summed E-state index contributed by atoms with van der Waals surface area (Å²) in [5.74, 6) is 28.4. The first kappa shape index (κ1) is 206. The zero-order chi connectivity index (χ0) is 89.2. The van der Waals surface area contributed by atoms with Crippen LogP contribution in [-0.2, 0) is 125 Å². The van der Waals surface area contributed by atoms with Crippen molar-refractivity contribution < 1.29 is 131 Å². The van der Waals surface area contributed by atoms with Crippen LogP contribution in [0.1, 0.15) is 208 Å². The third-order valence-corrected chi connectivity index (χ3v) is 35.2.